The number of nitrogens with one attached hydrogen (secondary N) is 1. The lowest BCUT2D eigenvalue weighted by Gasteiger charge is -2.51. The van der Waals surface area contributed by atoms with Crippen LogP contribution in [0.4, 0.5) is 0 Å². The summed E-state index contributed by atoms with van der Waals surface area (Å²) in [7, 11) is 1.08. The predicted molar refractivity (Wildman–Crippen MR) is 121 cm³/mol. The highest BCUT2D eigenvalue weighted by atomic mass is 16.7. The normalized spacial score (nSPS) is 28.2. The van der Waals surface area contributed by atoms with Gasteiger partial charge in [0.05, 0.1) is 13.2 Å². The molecule has 0 saturated carbocycles. The largest absolute Gasteiger partial charge is 0.465 e. The molecule has 0 aromatic rings. The molecule has 6 atom stereocenters. The van der Waals surface area contributed by atoms with Gasteiger partial charge in [-0.25, -0.2) is 4.79 Å². The lowest BCUT2D eigenvalue weighted by atomic mass is 9.84. The predicted octanol–water partition coefficient (Wildman–Crippen LogP) is -0.577. The second kappa shape index (κ2) is 13.0. The monoisotopic (exact) mass is 516 g/mol. The van der Waals surface area contributed by atoms with E-state index in [1.54, 1.807) is 0 Å². The Kier molecular flexibility index (Phi) is 10.6. The third-order valence-corrected chi connectivity index (χ3v) is 6.08. The molecule has 2 fully saturated rings. The van der Waals surface area contributed by atoms with E-state index >= 15 is 0 Å². The van der Waals surface area contributed by atoms with Crippen LogP contribution in [0.2, 0.25) is 0 Å². The zero-order valence-corrected chi connectivity index (χ0v) is 21.3. The number of hydrogen-bond donors (Lipinski definition) is 2. The SMILES string of the molecule is COC(=O)[C@]1(O)C[C@H](N2CCCCC2)[C@@H](NC(C)=O)[C@H]([C@H](OC(C)=O)[C@@H](COC(C)=O)OC(C)=O)O1. The summed E-state index contributed by atoms with van der Waals surface area (Å²) in [5.74, 6) is -6.24. The quantitative estimate of drug-likeness (QED) is 0.296. The number of carbonyl (C=O) groups excluding carboxylic acids is 5. The van der Waals surface area contributed by atoms with E-state index in [-0.39, 0.29) is 6.42 Å². The third-order valence-electron chi connectivity index (χ3n) is 6.08. The van der Waals surface area contributed by atoms with E-state index in [4.69, 9.17) is 23.7 Å². The van der Waals surface area contributed by atoms with E-state index in [0.717, 1.165) is 47.1 Å². The highest BCUT2D eigenvalue weighted by Crippen LogP contribution is 2.36. The number of esters is 4. The first-order valence-corrected chi connectivity index (χ1v) is 11.9. The van der Waals surface area contributed by atoms with Crippen molar-refractivity contribution in [3.63, 3.8) is 0 Å². The second-order valence-electron chi connectivity index (χ2n) is 8.98. The van der Waals surface area contributed by atoms with Crippen molar-refractivity contribution in [2.24, 2.45) is 0 Å². The van der Waals surface area contributed by atoms with Gasteiger partial charge in [-0.3, -0.25) is 24.1 Å². The average molecular weight is 517 g/mol. The smallest absolute Gasteiger partial charge is 0.366 e. The van der Waals surface area contributed by atoms with Crippen LogP contribution in [0.5, 0.6) is 0 Å². The van der Waals surface area contributed by atoms with Crippen LogP contribution >= 0.6 is 0 Å². The zero-order chi connectivity index (χ0) is 27.0. The summed E-state index contributed by atoms with van der Waals surface area (Å²) in [6, 6.07) is -1.55. The summed E-state index contributed by atoms with van der Waals surface area (Å²) in [5, 5.41) is 14.1. The van der Waals surface area contributed by atoms with Gasteiger partial charge in [-0.1, -0.05) is 6.42 Å². The highest BCUT2D eigenvalue weighted by Gasteiger charge is 2.57. The van der Waals surface area contributed by atoms with Crippen LogP contribution in [0.15, 0.2) is 0 Å². The molecule has 2 rings (SSSR count). The van der Waals surface area contributed by atoms with Crippen LogP contribution in [0.1, 0.15) is 53.4 Å². The van der Waals surface area contributed by atoms with Crippen LogP contribution in [0.25, 0.3) is 0 Å². The molecule has 0 bridgehead atoms. The lowest BCUT2D eigenvalue weighted by molar-refractivity contribution is -0.293. The van der Waals surface area contributed by atoms with Gasteiger partial charge in [-0.05, 0) is 25.9 Å². The fraction of sp³-hybridized carbons (Fsp3) is 0.783. The van der Waals surface area contributed by atoms with Crippen molar-refractivity contribution in [1.29, 1.82) is 0 Å². The van der Waals surface area contributed by atoms with Crippen LogP contribution in [-0.4, -0.2) is 103 Å². The summed E-state index contributed by atoms with van der Waals surface area (Å²) in [6.07, 6.45) is -1.77. The number of amides is 1. The Bertz CT molecular complexity index is 829. The molecule has 1 amide bonds. The van der Waals surface area contributed by atoms with Crippen LogP contribution in [0.3, 0.4) is 0 Å². The van der Waals surface area contributed by atoms with Crippen LogP contribution in [0, 0.1) is 0 Å². The molecule has 0 aromatic heterocycles. The molecule has 2 saturated heterocycles. The summed E-state index contributed by atoms with van der Waals surface area (Å²) >= 11 is 0. The molecular formula is C23H36N2O11. The molecular weight excluding hydrogens is 480 g/mol. The van der Waals surface area contributed by atoms with Gasteiger partial charge in [0.15, 0.2) is 12.2 Å². The molecule has 36 heavy (non-hydrogen) atoms. The number of hydrogen-bond acceptors (Lipinski definition) is 12. The Morgan fingerprint density at radius 2 is 1.61 bits per heavy atom. The number of aliphatic hydroxyl groups is 1. The van der Waals surface area contributed by atoms with Crippen molar-refractivity contribution in [1.82, 2.24) is 10.2 Å². The minimum atomic E-state index is -2.46. The van der Waals surface area contributed by atoms with Crippen molar-refractivity contribution in [3.8, 4) is 0 Å². The van der Waals surface area contributed by atoms with E-state index < -0.39 is 72.6 Å². The average Bonchev–Trinajstić information content (AvgIpc) is 2.80. The van der Waals surface area contributed by atoms with Gasteiger partial charge in [0, 0.05) is 40.2 Å². The number of ether oxygens (including phenoxy) is 5. The fourth-order valence-corrected chi connectivity index (χ4v) is 4.71. The zero-order valence-electron chi connectivity index (χ0n) is 21.3. The number of piperidine rings is 1. The van der Waals surface area contributed by atoms with Crippen molar-refractivity contribution >= 4 is 29.8 Å². The number of rotatable bonds is 9. The van der Waals surface area contributed by atoms with Gasteiger partial charge in [-0.2, -0.15) is 0 Å². The number of carbonyl (C=O) groups is 5. The maximum atomic E-state index is 12.6. The molecule has 2 aliphatic heterocycles. The Labute approximate surface area is 209 Å². The molecule has 0 radical (unpaired) electrons. The Morgan fingerprint density at radius 1 is 1.00 bits per heavy atom. The van der Waals surface area contributed by atoms with Crippen molar-refractivity contribution in [2.75, 3.05) is 26.8 Å². The van der Waals surface area contributed by atoms with Gasteiger partial charge in [0.25, 0.3) is 5.79 Å². The fourth-order valence-electron chi connectivity index (χ4n) is 4.71. The van der Waals surface area contributed by atoms with Gasteiger partial charge < -0.3 is 34.1 Å². The first kappa shape index (κ1) is 29.5. The summed E-state index contributed by atoms with van der Waals surface area (Å²) < 4.78 is 26.4. The number of nitrogens with zero attached hydrogens (tertiary/aromatic N) is 1. The summed E-state index contributed by atoms with van der Waals surface area (Å²) in [6.45, 7) is 5.40. The molecule has 13 heteroatoms. The topological polar surface area (TPSA) is 167 Å². The van der Waals surface area contributed by atoms with E-state index in [2.05, 4.69) is 5.32 Å². The van der Waals surface area contributed by atoms with Gasteiger partial charge >= 0.3 is 23.9 Å². The Balaban J connectivity index is 2.61. The Morgan fingerprint density at radius 3 is 2.11 bits per heavy atom. The number of likely N-dealkylation sites (tertiary alicyclic amines) is 1. The van der Waals surface area contributed by atoms with Crippen molar-refractivity contribution < 1.29 is 52.8 Å². The van der Waals surface area contributed by atoms with Crippen molar-refractivity contribution in [3.05, 3.63) is 0 Å². The molecule has 13 nitrogen and oxygen atoms in total. The summed E-state index contributed by atoms with van der Waals surface area (Å²) in [5.41, 5.74) is 0. The molecule has 0 aliphatic carbocycles. The van der Waals surface area contributed by atoms with E-state index in [0.29, 0.717) is 13.1 Å². The second-order valence-corrected chi connectivity index (χ2v) is 8.98. The lowest BCUT2D eigenvalue weighted by Crippen LogP contribution is -2.71. The molecule has 2 N–H and O–H groups in total. The van der Waals surface area contributed by atoms with E-state index in [1.807, 2.05) is 4.90 Å². The molecule has 2 heterocycles. The first-order valence-electron chi connectivity index (χ1n) is 11.9. The maximum absolute atomic E-state index is 12.6. The number of methoxy groups -OCH3 is 1. The van der Waals surface area contributed by atoms with Crippen LogP contribution < -0.4 is 5.32 Å². The van der Waals surface area contributed by atoms with Gasteiger partial charge in [0.1, 0.15) is 12.7 Å². The Hall–Kier alpha value is -2.77. The van der Waals surface area contributed by atoms with E-state index in [1.165, 1.54) is 6.92 Å². The first-order chi connectivity index (χ1) is 16.9. The van der Waals surface area contributed by atoms with Gasteiger partial charge in [0.2, 0.25) is 5.91 Å². The third kappa shape index (κ3) is 7.87. The van der Waals surface area contributed by atoms with Gasteiger partial charge in [-0.15, -0.1) is 0 Å². The molecule has 0 spiro atoms. The standard InChI is InChI=1S/C23H36N2O11/c1-13(26)24-19-17(25-9-7-6-8-10-25)11-23(31,22(30)32-5)36-21(19)20(35-16(4)29)18(34-15(3)28)12-33-14(2)27/h17-21,31H,6-12H2,1-5H3,(H,24,26)/t17-,18+,19+,20+,21+,23-/m0/s1. The highest BCUT2D eigenvalue weighted by molar-refractivity contribution is 5.78. The minimum Gasteiger partial charge on any atom is -0.465 e. The summed E-state index contributed by atoms with van der Waals surface area (Å²) in [4.78, 5) is 62.4. The molecule has 0 aromatic carbocycles. The van der Waals surface area contributed by atoms with E-state index in [9.17, 15) is 29.1 Å². The van der Waals surface area contributed by atoms with Crippen molar-refractivity contribution in [2.45, 2.75) is 89.6 Å². The molecule has 2 aliphatic rings. The van der Waals surface area contributed by atoms with Crippen LogP contribution in [-0.2, 0) is 47.7 Å². The molecule has 0 unspecified atom stereocenters. The molecule has 204 valence electrons. The minimum absolute atomic E-state index is 0.240. The maximum Gasteiger partial charge on any atom is 0.366 e.